The van der Waals surface area contributed by atoms with Crippen molar-refractivity contribution in [3.05, 3.63) is 12.2 Å². The topological polar surface area (TPSA) is 18.5 Å². The van der Waals surface area contributed by atoms with E-state index in [1.807, 2.05) is 0 Å². The van der Waals surface area contributed by atoms with E-state index in [1.54, 1.807) is 0 Å². The molecule has 0 N–H and O–H groups in total. The average Bonchev–Trinajstić information content (AvgIpc) is 2.16. The van der Waals surface area contributed by atoms with Gasteiger partial charge in [-0.3, -0.25) is 0 Å². The van der Waals surface area contributed by atoms with Crippen molar-refractivity contribution in [3.63, 3.8) is 0 Å². The van der Waals surface area contributed by atoms with E-state index in [4.69, 9.17) is 9.47 Å². The fraction of sp³-hybridized carbons (Fsp3) is 0.800. The SMILES string of the molecule is CCCOCOCC/C=C\CCI.[Mg]. The number of hydrogen-bond acceptors (Lipinski definition) is 2. The van der Waals surface area contributed by atoms with Crippen LogP contribution in [-0.4, -0.2) is 47.5 Å². The predicted molar refractivity (Wildman–Crippen MR) is 70.1 cm³/mol. The van der Waals surface area contributed by atoms with Crippen LogP contribution in [-0.2, 0) is 9.47 Å². The van der Waals surface area contributed by atoms with Gasteiger partial charge in [-0.15, -0.1) is 0 Å². The van der Waals surface area contributed by atoms with Gasteiger partial charge in [-0.25, -0.2) is 0 Å². The fourth-order valence-corrected chi connectivity index (χ4v) is 1.13. The van der Waals surface area contributed by atoms with Gasteiger partial charge in [0, 0.05) is 34.1 Å². The highest BCUT2D eigenvalue weighted by molar-refractivity contribution is 14.1. The number of ether oxygens (including phenoxy) is 2. The molecule has 0 fully saturated rings. The summed E-state index contributed by atoms with van der Waals surface area (Å²) in [5.74, 6) is 0. The zero-order chi connectivity index (χ0) is 9.78. The van der Waals surface area contributed by atoms with E-state index in [-0.39, 0.29) is 23.1 Å². The highest BCUT2D eigenvalue weighted by Crippen LogP contribution is 1.92. The van der Waals surface area contributed by atoms with Gasteiger partial charge >= 0.3 is 0 Å². The molecule has 0 spiro atoms. The first-order chi connectivity index (χ1) is 6.41. The Morgan fingerprint density at radius 1 is 1.07 bits per heavy atom. The second kappa shape index (κ2) is 16.6. The molecule has 0 heterocycles. The summed E-state index contributed by atoms with van der Waals surface area (Å²) in [5, 5.41) is 0. The summed E-state index contributed by atoms with van der Waals surface area (Å²) >= 11 is 2.37. The van der Waals surface area contributed by atoms with E-state index in [0.717, 1.165) is 32.5 Å². The maximum Gasteiger partial charge on any atom is 0.146 e. The van der Waals surface area contributed by atoms with Crippen LogP contribution in [0, 0.1) is 0 Å². The van der Waals surface area contributed by atoms with E-state index in [9.17, 15) is 0 Å². The summed E-state index contributed by atoms with van der Waals surface area (Å²) in [6.45, 7) is 4.09. The minimum Gasteiger partial charge on any atom is -0.355 e. The molecule has 0 aliphatic rings. The lowest BCUT2D eigenvalue weighted by Crippen LogP contribution is -2.01. The van der Waals surface area contributed by atoms with Crippen LogP contribution in [0.2, 0.25) is 0 Å². The van der Waals surface area contributed by atoms with Crippen LogP contribution in [0.15, 0.2) is 12.2 Å². The highest BCUT2D eigenvalue weighted by Gasteiger charge is 1.85. The number of allylic oxidation sites excluding steroid dienone is 1. The van der Waals surface area contributed by atoms with Crippen molar-refractivity contribution in [1.82, 2.24) is 0 Å². The Morgan fingerprint density at radius 2 is 1.71 bits per heavy atom. The fourth-order valence-electron chi connectivity index (χ4n) is 0.771. The molecule has 4 heteroatoms. The lowest BCUT2D eigenvalue weighted by molar-refractivity contribution is -0.0519. The van der Waals surface area contributed by atoms with Crippen LogP contribution in [0.4, 0.5) is 0 Å². The molecule has 0 bridgehead atoms. The van der Waals surface area contributed by atoms with Gasteiger partial charge in [0.25, 0.3) is 0 Å². The molecular weight excluding hydrogens is 303 g/mol. The van der Waals surface area contributed by atoms with Crippen LogP contribution in [0.3, 0.4) is 0 Å². The van der Waals surface area contributed by atoms with Crippen molar-refractivity contribution in [3.8, 4) is 0 Å². The largest absolute Gasteiger partial charge is 0.355 e. The smallest absolute Gasteiger partial charge is 0.146 e. The first-order valence-corrected chi connectivity index (χ1v) is 6.30. The van der Waals surface area contributed by atoms with Crippen molar-refractivity contribution in [2.24, 2.45) is 0 Å². The van der Waals surface area contributed by atoms with E-state index >= 15 is 0 Å². The van der Waals surface area contributed by atoms with E-state index in [2.05, 4.69) is 41.7 Å². The molecule has 0 saturated heterocycles. The van der Waals surface area contributed by atoms with Gasteiger partial charge in [-0.05, 0) is 19.3 Å². The second-order valence-electron chi connectivity index (χ2n) is 2.67. The standard InChI is InChI=1S/C10H19IO2.Mg/c1-2-8-12-10-13-9-6-4-3-5-7-11;/h3-4H,2,5-10H2,1H3;/b4-3-;. The molecule has 0 saturated carbocycles. The van der Waals surface area contributed by atoms with Crippen molar-refractivity contribution in [2.75, 3.05) is 24.4 Å². The van der Waals surface area contributed by atoms with Crippen LogP contribution in [0.25, 0.3) is 0 Å². The van der Waals surface area contributed by atoms with Crippen LogP contribution < -0.4 is 0 Å². The van der Waals surface area contributed by atoms with E-state index < -0.39 is 0 Å². The molecule has 0 aliphatic carbocycles. The van der Waals surface area contributed by atoms with Crippen molar-refractivity contribution < 1.29 is 9.47 Å². The average molecular weight is 322 g/mol. The first kappa shape index (κ1) is 17.5. The third-order valence-corrected chi connectivity index (χ3v) is 2.01. The third-order valence-electron chi connectivity index (χ3n) is 1.39. The summed E-state index contributed by atoms with van der Waals surface area (Å²) in [7, 11) is 0. The molecule has 80 valence electrons. The molecule has 0 amide bonds. The lowest BCUT2D eigenvalue weighted by Gasteiger charge is -2.02. The van der Waals surface area contributed by atoms with Crippen LogP contribution in [0.1, 0.15) is 26.2 Å². The molecule has 0 aromatic rings. The van der Waals surface area contributed by atoms with E-state index in [1.165, 1.54) is 4.43 Å². The zero-order valence-corrected chi connectivity index (χ0v) is 12.6. The Balaban J connectivity index is 0. The molecule has 2 nitrogen and oxygen atoms in total. The van der Waals surface area contributed by atoms with E-state index in [0.29, 0.717) is 6.79 Å². The first-order valence-electron chi connectivity index (χ1n) is 4.78. The van der Waals surface area contributed by atoms with Crippen LogP contribution in [0.5, 0.6) is 0 Å². The molecule has 0 unspecified atom stereocenters. The molecule has 14 heavy (non-hydrogen) atoms. The summed E-state index contributed by atoms with van der Waals surface area (Å²) in [6.07, 6.45) is 7.57. The number of alkyl halides is 1. The number of halogens is 1. The second-order valence-corrected chi connectivity index (χ2v) is 3.75. The third kappa shape index (κ3) is 15.6. The van der Waals surface area contributed by atoms with Crippen molar-refractivity contribution in [1.29, 1.82) is 0 Å². The van der Waals surface area contributed by atoms with Gasteiger partial charge in [-0.1, -0.05) is 41.7 Å². The Morgan fingerprint density at radius 3 is 2.36 bits per heavy atom. The molecule has 0 rings (SSSR count). The van der Waals surface area contributed by atoms with Gasteiger partial charge in [0.05, 0.1) is 6.61 Å². The monoisotopic (exact) mass is 322 g/mol. The zero-order valence-electron chi connectivity index (χ0n) is 9.01. The molecule has 0 aromatic heterocycles. The maximum absolute atomic E-state index is 5.24. The molecule has 0 aliphatic heterocycles. The molecular formula is C10H19IMgO2. The summed E-state index contributed by atoms with van der Waals surface area (Å²) in [4.78, 5) is 0. The Kier molecular flexibility index (Phi) is 20.8. The summed E-state index contributed by atoms with van der Waals surface area (Å²) < 4.78 is 11.6. The van der Waals surface area contributed by atoms with Crippen molar-refractivity contribution in [2.45, 2.75) is 26.2 Å². The predicted octanol–water partition coefficient (Wildman–Crippen LogP) is 2.78. The molecule has 0 aromatic carbocycles. The Bertz CT molecular complexity index is 121. The number of rotatable bonds is 9. The Hall–Kier alpha value is 1.16. The Labute approximate surface area is 117 Å². The minimum absolute atomic E-state index is 0. The quantitative estimate of drug-likeness (QED) is 0.162. The molecule has 0 atom stereocenters. The summed E-state index contributed by atoms with van der Waals surface area (Å²) in [5.41, 5.74) is 0. The van der Waals surface area contributed by atoms with Gasteiger partial charge in [-0.2, -0.15) is 0 Å². The lowest BCUT2D eigenvalue weighted by atomic mass is 10.3. The van der Waals surface area contributed by atoms with Gasteiger partial charge in [0.15, 0.2) is 0 Å². The highest BCUT2D eigenvalue weighted by atomic mass is 127. The summed E-state index contributed by atoms with van der Waals surface area (Å²) in [6, 6.07) is 0. The van der Waals surface area contributed by atoms with Crippen molar-refractivity contribution >= 4 is 45.6 Å². The van der Waals surface area contributed by atoms with Gasteiger partial charge in [0.2, 0.25) is 0 Å². The maximum atomic E-state index is 5.24. The number of hydrogen-bond donors (Lipinski definition) is 0. The normalized spacial score (nSPS) is 10.4. The van der Waals surface area contributed by atoms with Gasteiger partial charge in [0.1, 0.15) is 6.79 Å². The minimum atomic E-state index is 0. The van der Waals surface area contributed by atoms with Crippen LogP contribution >= 0.6 is 22.6 Å². The molecule has 2 radical (unpaired) electrons. The van der Waals surface area contributed by atoms with Gasteiger partial charge < -0.3 is 9.47 Å².